The maximum Gasteiger partial charge on any atom is 0.416 e. The van der Waals surface area contributed by atoms with Crippen molar-refractivity contribution >= 4 is 40.0 Å². The van der Waals surface area contributed by atoms with Gasteiger partial charge in [0.1, 0.15) is 11.5 Å². The molecule has 0 atom stereocenters. The Morgan fingerprint density at radius 3 is 1.96 bits per heavy atom. The van der Waals surface area contributed by atoms with E-state index in [0.29, 0.717) is 12.1 Å². The topological polar surface area (TPSA) is 30.0 Å². The Kier molecular flexibility index (Phi) is 15.3. The van der Waals surface area contributed by atoms with Crippen molar-refractivity contribution in [2.24, 2.45) is 5.92 Å². The van der Waals surface area contributed by atoms with E-state index in [4.69, 9.17) is 11.6 Å². The van der Waals surface area contributed by atoms with Crippen LogP contribution >= 0.6 is 34.2 Å². The summed E-state index contributed by atoms with van der Waals surface area (Å²) in [6.07, 6.45) is -3.55. The molecular weight excluding hydrogens is 509 g/mol. The first-order chi connectivity index (χ1) is 13.0. The van der Waals surface area contributed by atoms with Crippen molar-refractivity contribution in [3.8, 4) is 0 Å². The second-order valence-corrected chi connectivity index (χ2v) is 6.09. The van der Waals surface area contributed by atoms with Gasteiger partial charge >= 0.3 is 6.18 Å². The molecule has 0 radical (unpaired) electrons. The molecule has 1 aromatic heterocycles. The number of ketones is 1. The third-order valence-corrected chi connectivity index (χ3v) is 2.67. The molecule has 28 heavy (non-hydrogen) atoms. The van der Waals surface area contributed by atoms with E-state index in [1.807, 2.05) is 18.8 Å². The van der Waals surface area contributed by atoms with Gasteiger partial charge in [-0.3, -0.25) is 9.78 Å². The summed E-state index contributed by atoms with van der Waals surface area (Å²) in [5.41, 5.74) is -1.77. The van der Waals surface area contributed by atoms with Crippen LogP contribution in [0.2, 0.25) is 5.02 Å². The van der Waals surface area contributed by atoms with E-state index in [0.717, 1.165) is 12.0 Å². The zero-order valence-electron chi connectivity index (χ0n) is 16.7. The minimum absolute atomic E-state index is 0.117. The molecule has 0 N–H and O–H groups in total. The molecule has 0 aliphatic heterocycles. The average molecular weight is 534 g/mol. The second-order valence-electron chi connectivity index (χ2n) is 5.65. The van der Waals surface area contributed by atoms with Crippen LogP contribution in [0, 0.1) is 11.7 Å². The number of nitrogens with zero attached hydrogens (tertiary/aromatic N) is 1. The lowest BCUT2D eigenvalue weighted by atomic mass is 10.0. The molecule has 2 aromatic rings. The molecule has 0 spiro atoms. The quantitative estimate of drug-likeness (QED) is 0.170. The first-order valence-corrected chi connectivity index (χ1v) is 11.0. The Bertz CT molecular complexity index is 702. The summed E-state index contributed by atoms with van der Waals surface area (Å²) in [5, 5.41) is 0.275. The minimum Gasteiger partial charge on any atom is -0.287 e. The van der Waals surface area contributed by atoms with Gasteiger partial charge in [0, 0.05) is 11.8 Å². The van der Waals surface area contributed by atoms with E-state index in [1.54, 1.807) is 0 Å². The normalized spacial score (nSPS) is 9.89. The van der Waals surface area contributed by atoms with E-state index in [9.17, 15) is 22.4 Å². The lowest BCUT2D eigenvalue weighted by Crippen LogP contribution is -2.10. The molecule has 2 rings (SSSR count). The number of hydrogen-bond donors (Lipinski definition) is 0. The van der Waals surface area contributed by atoms with Gasteiger partial charge in [0.15, 0.2) is 0 Å². The zero-order valence-corrected chi connectivity index (χ0v) is 19.6. The fourth-order valence-corrected chi connectivity index (χ4v) is 1.65. The van der Waals surface area contributed by atoms with Gasteiger partial charge in [-0.1, -0.05) is 68.8 Å². The number of hydrogen-bond acceptors (Lipinski definition) is 2. The van der Waals surface area contributed by atoms with E-state index in [-0.39, 0.29) is 10.7 Å². The first kappa shape index (κ1) is 29.0. The molecule has 0 amide bonds. The van der Waals surface area contributed by atoms with Crippen LogP contribution in [0.4, 0.5) is 17.6 Å². The van der Waals surface area contributed by atoms with E-state index >= 15 is 0 Å². The molecule has 0 aliphatic carbocycles. The lowest BCUT2D eigenvalue weighted by molar-refractivity contribution is -0.137. The van der Waals surface area contributed by atoms with Crippen LogP contribution < -0.4 is 0 Å². The van der Waals surface area contributed by atoms with Crippen molar-refractivity contribution in [3.05, 3.63) is 64.2 Å². The van der Waals surface area contributed by atoms with Gasteiger partial charge < -0.3 is 0 Å². The first-order valence-electron chi connectivity index (χ1n) is 8.42. The molecule has 158 valence electrons. The summed E-state index contributed by atoms with van der Waals surface area (Å²) in [4.78, 5) is 17.6. The van der Waals surface area contributed by atoms with Gasteiger partial charge in [-0.05, 0) is 41.2 Å². The Labute approximate surface area is 182 Å². The number of rotatable bonds is 2. The number of alkyl halides is 4. The summed E-state index contributed by atoms with van der Waals surface area (Å²) in [6.45, 7) is 10.5. The lowest BCUT2D eigenvalue weighted by Gasteiger charge is -2.08. The number of carbonyl (C=O) groups excluding carboxylic acids is 1. The van der Waals surface area contributed by atoms with Gasteiger partial charge in [0.2, 0.25) is 5.78 Å². The fraction of sp³-hybridized carbons (Fsp3) is 0.400. The van der Waals surface area contributed by atoms with Crippen LogP contribution in [0.3, 0.4) is 0 Å². The summed E-state index contributed by atoms with van der Waals surface area (Å²) < 4.78 is 50.9. The van der Waals surface area contributed by atoms with E-state index < -0.39 is 28.9 Å². The average Bonchev–Trinajstić information content (AvgIpc) is 2.63. The van der Waals surface area contributed by atoms with Crippen molar-refractivity contribution in [3.63, 3.8) is 0 Å². The Balaban J connectivity index is 0. The SMILES string of the molecule is CC.CC(C)C.CI.O=C(c1cc(F)cc(C(F)(F)F)c1)c1ccc(Cl)cn1. The minimum atomic E-state index is -4.73. The third kappa shape index (κ3) is 11.6. The maximum absolute atomic E-state index is 13.2. The van der Waals surface area contributed by atoms with Gasteiger partial charge in [-0.25, -0.2) is 4.39 Å². The van der Waals surface area contributed by atoms with Crippen LogP contribution in [0.1, 0.15) is 56.2 Å². The predicted molar refractivity (Wildman–Crippen MR) is 116 cm³/mol. The monoisotopic (exact) mass is 533 g/mol. The van der Waals surface area contributed by atoms with E-state index in [1.165, 1.54) is 18.3 Å². The number of carbonyl (C=O) groups is 1. The molecule has 0 saturated heterocycles. The highest BCUT2D eigenvalue weighted by Crippen LogP contribution is 2.30. The molecule has 0 unspecified atom stereocenters. The van der Waals surface area contributed by atoms with Crippen LogP contribution in [0.5, 0.6) is 0 Å². The number of halogens is 6. The maximum atomic E-state index is 13.2. The zero-order chi connectivity index (χ0) is 22.5. The van der Waals surface area contributed by atoms with Gasteiger partial charge in [0.25, 0.3) is 0 Å². The molecule has 0 saturated carbocycles. The third-order valence-electron chi connectivity index (χ3n) is 2.45. The molecular formula is C20H25ClF4INO. The molecule has 0 aliphatic rings. The van der Waals surface area contributed by atoms with Crippen LogP contribution in [-0.2, 0) is 6.18 Å². The van der Waals surface area contributed by atoms with Crippen molar-refractivity contribution in [2.75, 3.05) is 4.93 Å². The van der Waals surface area contributed by atoms with E-state index in [2.05, 4.69) is 48.3 Å². The van der Waals surface area contributed by atoms with Gasteiger partial charge in [-0.15, -0.1) is 0 Å². The summed E-state index contributed by atoms with van der Waals surface area (Å²) >= 11 is 7.74. The highest BCUT2D eigenvalue weighted by molar-refractivity contribution is 14.1. The predicted octanol–water partition coefficient (Wildman–Crippen LogP) is 7.86. The standard InChI is InChI=1S/C13H6ClF4NO.C4H10.C2H6.CH3I/c14-9-1-2-11(19-6-9)12(20)7-3-8(13(16,17)18)5-10(15)4-7;1-4(2)3;2*1-2/h1-6H;4H,1-3H3;1-2H3;1H3. The molecule has 0 fully saturated rings. The molecule has 8 heteroatoms. The van der Waals surface area contributed by atoms with Gasteiger partial charge in [-0.2, -0.15) is 13.2 Å². The molecule has 1 aromatic carbocycles. The number of benzene rings is 1. The molecule has 2 nitrogen and oxygen atoms in total. The molecule has 1 heterocycles. The van der Waals surface area contributed by atoms with Crippen molar-refractivity contribution in [1.29, 1.82) is 0 Å². The van der Waals surface area contributed by atoms with Gasteiger partial charge in [0.05, 0.1) is 10.6 Å². The second kappa shape index (κ2) is 14.7. The van der Waals surface area contributed by atoms with Crippen molar-refractivity contribution in [2.45, 2.75) is 40.8 Å². The highest BCUT2D eigenvalue weighted by atomic mass is 127. The Morgan fingerprint density at radius 2 is 1.57 bits per heavy atom. The summed E-state index contributed by atoms with van der Waals surface area (Å²) in [7, 11) is 0. The van der Waals surface area contributed by atoms with Crippen molar-refractivity contribution in [1.82, 2.24) is 4.98 Å². The Morgan fingerprint density at radius 1 is 1.07 bits per heavy atom. The van der Waals surface area contributed by atoms with Crippen LogP contribution in [0.15, 0.2) is 36.5 Å². The number of aromatic nitrogens is 1. The van der Waals surface area contributed by atoms with Crippen LogP contribution in [-0.4, -0.2) is 15.7 Å². The summed E-state index contributed by atoms with van der Waals surface area (Å²) in [5.74, 6) is -1.12. The Hall–Kier alpha value is -1.22. The highest BCUT2D eigenvalue weighted by Gasteiger charge is 2.32. The molecule has 0 bridgehead atoms. The fourth-order valence-electron chi connectivity index (χ4n) is 1.54. The van der Waals surface area contributed by atoms with Crippen LogP contribution in [0.25, 0.3) is 0 Å². The number of pyridine rings is 1. The van der Waals surface area contributed by atoms with Crippen molar-refractivity contribution < 1.29 is 22.4 Å². The smallest absolute Gasteiger partial charge is 0.287 e. The summed E-state index contributed by atoms with van der Waals surface area (Å²) in [6, 6.07) is 4.26. The largest absolute Gasteiger partial charge is 0.416 e.